The minimum atomic E-state index is -0.297. The standard InChI is InChI=1S/C24H32N4O2/c29-22(11-10-21-26-18-7-2-3-8-19(18)27-21)28-14-6-9-20(28)23(30)25-16-17-15-24(17)12-4-1-5-13-24/h2-3,7-8,17,20H,1,4-6,9-16H2,(H,25,30)(H,26,27)/t17?,20-/m0/s1. The molecule has 3 fully saturated rings. The Morgan fingerprint density at radius 2 is 2.00 bits per heavy atom. The Morgan fingerprint density at radius 1 is 1.17 bits per heavy atom. The summed E-state index contributed by atoms with van der Waals surface area (Å²) in [6.45, 7) is 1.47. The third kappa shape index (κ3) is 3.84. The smallest absolute Gasteiger partial charge is 0.242 e. The van der Waals surface area contributed by atoms with Crippen LogP contribution in [0.3, 0.4) is 0 Å². The van der Waals surface area contributed by atoms with Crippen LogP contribution in [0.5, 0.6) is 0 Å². The summed E-state index contributed by atoms with van der Waals surface area (Å²) in [4.78, 5) is 35.3. The average molecular weight is 409 g/mol. The van der Waals surface area contributed by atoms with Gasteiger partial charge in [-0.2, -0.15) is 0 Å². The summed E-state index contributed by atoms with van der Waals surface area (Å²) in [5, 5.41) is 3.18. The van der Waals surface area contributed by atoms with Crippen LogP contribution >= 0.6 is 0 Å². The van der Waals surface area contributed by atoms with Crippen LogP contribution in [0.4, 0.5) is 0 Å². The molecule has 1 aromatic heterocycles. The maximum atomic E-state index is 12.8. The van der Waals surface area contributed by atoms with Gasteiger partial charge in [-0.1, -0.05) is 31.4 Å². The molecule has 2 aliphatic carbocycles. The molecule has 2 amide bonds. The Hall–Kier alpha value is -2.37. The largest absolute Gasteiger partial charge is 0.354 e. The monoisotopic (exact) mass is 408 g/mol. The van der Waals surface area contributed by atoms with E-state index in [2.05, 4.69) is 15.3 Å². The van der Waals surface area contributed by atoms with Gasteiger partial charge in [-0.05, 0) is 55.6 Å². The third-order valence-electron chi connectivity index (χ3n) is 7.62. The molecular formula is C24H32N4O2. The highest BCUT2D eigenvalue weighted by Gasteiger charge is 2.53. The average Bonchev–Trinajstić information content (AvgIpc) is 3.15. The molecule has 1 unspecified atom stereocenters. The normalized spacial score (nSPS) is 25.0. The molecule has 0 radical (unpaired) electrons. The van der Waals surface area contributed by atoms with Crippen molar-refractivity contribution in [3.05, 3.63) is 30.1 Å². The number of hydrogen-bond acceptors (Lipinski definition) is 3. The summed E-state index contributed by atoms with van der Waals surface area (Å²) < 4.78 is 0. The Balaban J connectivity index is 1.12. The highest BCUT2D eigenvalue weighted by Crippen LogP contribution is 2.61. The number of aryl methyl sites for hydroxylation is 1. The van der Waals surface area contributed by atoms with Gasteiger partial charge in [0.15, 0.2) is 0 Å². The number of aromatic amines is 1. The lowest BCUT2D eigenvalue weighted by Crippen LogP contribution is -2.46. The number of benzene rings is 1. The molecule has 5 rings (SSSR count). The number of imidazole rings is 1. The molecule has 6 heteroatoms. The number of aromatic nitrogens is 2. The summed E-state index contributed by atoms with van der Waals surface area (Å²) >= 11 is 0. The SMILES string of the molecule is O=C(NCC1CC12CCCCC2)[C@@H]1CCCN1C(=O)CCc1nc2ccccc2[nH]1. The topological polar surface area (TPSA) is 78.1 Å². The van der Waals surface area contributed by atoms with Crippen molar-refractivity contribution in [1.82, 2.24) is 20.2 Å². The maximum absolute atomic E-state index is 12.8. The van der Waals surface area contributed by atoms with Gasteiger partial charge < -0.3 is 15.2 Å². The van der Waals surface area contributed by atoms with E-state index in [1.165, 1.54) is 38.5 Å². The van der Waals surface area contributed by atoms with Gasteiger partial charge in [0.2, 0.25) is 11.8 Å². The summed E-state index contributed by atoms with van der Waals surface area (Å²) in [6.07, 6.45) is 10.7. The summed E-state index contributed by atoms with van der Waals surface area (Å²) in [5.74, 6) is 1.59. The van der Waals surface area contributed by atoms with Crippen LogP contribution in [0.1, 0.15) is 63.6 Å². The fourth-order valence-electron chi connectivity index (χ4n) is 5.76. The van der Waals surface area contributed by atoms with Crippen LogP contribution in [0.2, 0.25) is 0 Å². The van der Waals surface area contributed by atoms with Gasteiger partial charge in [0, 0.05) is 25.9 Å². The van der Waals surface area contributed by atoms with Crippen molar-refractivity contribution in [3.8, 4) is 0 Å². The van der Waals surface area contributed by atoms with Crippen LogP contribution in [0.15, 0.2) is 24.3 Å². The van der Waals surface area contributed by atoms with E-state index >= 15 is 0 Å². The molecule has 2 heterocycles. The van der Waals surface area contributed by atoms with Crippen molar-refractivity contribution in [1.29, 1.82) is 0 Å². The Morgan fingerprint density at radius 3 is 2.83 bits per heavy atom. The third-order valence-corrected chi connectivity index (χ3v) is 7.62. The molecule has 0 bridgehead atoms. The zero-order chi connectivity index (χ0) is 20.6. The lowest BCUT2D eigenvalue weighted by Gasteiger charge is -2.25. The first-order chi connectivity index (χ1) is 14.6. The van der Waals surface area contributed by atoms with Crippen molar-refractivity contribution in [2.75, 3.05) is 13.1 Å². The van der Waals surface area contributed by atoms with Crippen LogP contribution in [0.25, 0.3) is 11.0 Å². The van der Waals surface area contributed by atoms with Gasteiger partial charge in [0.05, 0.1) is 11.0 Å². The molecule has 1 aromatic carbocycles. The first-order valence-electron chi connectivity index (χ1n) is 11.7. The highest BCUT2D eigenvalue weighted by atomic mass is 16.2. The van der Waals surface area contributed by atoms with Crippen molar-refractivity contribution in [2.45, 2.75) is 70.3 Å². The molecule has 1 aliphatic heterocycles. The van der Waals surface area contributed by atoms with Crippen LogP contribution in [-0.4, -0.2) is 45.8 Å². The predicted molar refractivity (Wildman–Crippen MR) is 116 cm³/mol. The second-order valence-electron chi connectivity index (χ2n) is 9.52. The predicted octanol–water partition coefficient (Wildman–Crippen LogP) is 3.57. The van der Waals surface area contributed by atoms with E-state index in [4.69, 9.17) is 0 Å². The van der Waals surface area contributed by atoms with Crippen molar-refractivity contribution < 1.29 is 9.59 Å². The quantitative estimate of drug-likeness (QED) is 0.767. The summed E-state index contributed by atoms with van der Waals surface area (Å²) in [7, 11) is 0. The molecule has 2 atom stereocenters. The van der Waals surface area contributed by atoms with Gasteiger partial charge in [-0.25, -0.2) is 4.98 Å². The number of amides is 2. The second-order valence-corrected chi connectivity index (χ2v) is 9.52. The van der Waals surface area contributed by atoms with Crippen molar-refractivity contribution in [2.24, 2.45) is 11.3 Å². The molecule has 3 aliphatic rings. The van der Waals surface area contributed by atoms with Crippen molar-refractivity contribution >= 4 is 22.8 Å². The fraction of sp³-hybridized carbons (Fsp3) is 0.625. The number of hydrogen-bond donors (Lipinski definition) is 2. The first-order valence-corrected chi connectivity index (χ1v) is 11.7. The van der Waals surface area contributed by atoms with Crippen LogP contribution < -0.4 is 5.32 Å². The van der Waals surface area contributed by atoms with Crippen molar-refractivity contribution in [3.63, 3.8) is 0 Å². The zero-order valence-electron chi connectivity index (χ0n) is 17.7. The summed E-state index contributed by atoms with van der Waals surface area (Å²) in [5.41, 5.74) is 2.45. The Kier molecular flexibility index (Phi) is 5.25. The van der Waals surface area contributed by atoms with Crippen LogP contribution in [0, 0.1) is 11.3 Å². The number of fused-ring (bicyclic) bond motifs is 1. The number of rotatable bonds is 6. The number of nitrogens with one attached hydrogen (secondary N) is 2. The Labute approximate surface area is 177 Å². The minimum absolute atomic E-state index is 0.0439. The van der Waals surface area contributed by atoms with E-state index in [1.54, 1.807) is 4.90 Å². The number of carbonyl (C=O) groups excluding carboxylic acids is 2. The first kappa shape index (κ1) is 19.6. The molecule has 2 N–H and O–H groups in total. The summed E-state index contributed by atoms with van der Waals surface area (Å²) in [6, 6.07) is 7.60. The lowest BCUT2D eigenvalue weighted by molar-refractivity contribution is -0.138. The molecule has 6 nitrogen and oxygen atoms in total. The molecule has 2 aromatic rings. The lowest BCUT2D eigenvalue weighted by atomic mass is 9.84. The number of carbonyl (C=O) groups is 2. The van der Waals surface area contributed by atoms with Gasteiger partial charge in [0.1, 0.15) is 11.9 Å². The van der Waals surface area contributed by atoms with E-state index in [-0.39, 0.29) is 17.9 Å². The number of H-pyrrole nitrogens is 1. The van der Waals surface area contributed by atoms with Gasteiger partial charge in [-0.15, -0.1) is 0 Å². The Bertz CT molecular complexity index is 897. The van der Waals surface area contributed by atoms with E-state index in [0.717, 1.165) is 36.2 Å². The molecule has 30 heavy (non-hydrogen) atoms. The number of nitrogens with zero attached hydrogens (tertiary/aromatic N) is 2. The maximum Gasteiger partial charge on any atom is 0.242 e. The van der Waals surface area contributed by atoms with E-state index in [1.807, 2.05) is 24.3 Å². The molecule has 160 valence electrons. The number of para-hydroxylation sites is 2. The van der Waals surface area contributed by atoms with E-state index in [9.17, 15) is 9.59 Å². The molecule has 2 saturated carbocycles. The number of likely N-dealkylation sites (tertiary alicyclic amines) is 1. The van der Waals surface area contributed by atoms with E-state index < -0.39 is 0 Å². The molecule has 1 spiro atoms. The highest BCUT2D eigenvalue weighted by molar-refractivity contribution is 5.88. The van der Waals surface area contributed by atoms with Gasteiger partial charge in [-0.3, -0.25) is 9.59 Å². The van der Waals surface area contributed by atoms with Gasteiger partial charge >= 0.3 is 0 Å². The molecule has 1 saturated heterocycles. The molecular weight excluding hydrogens is 376 g/mol. The van der Waals surface area contributed by atoms with Gasteiger partial charge in [0.25, 0.3) is 0 Å². The zero-order valence-corrected chi connectivity index (χ0v) is 17.7. The minimum Gasteiger partial charge on any atom is -0.354 e. The second kappa shape index (κ2) is 8.05. The van der Waals surface area contributed by atoms with Crippen LogP contribution in [-0.2, 0) is 16.0 Å². The van der Waals surface area contributed by atoms with E-state index in [0.29, 0.717) is 30.7 Å². The fourth-order valence-corrected chi connectivity index (χ4v) is 5.76.